The predicted octanol–water partition coefficient (Wildman–Crippen LogP) is 4.10. The number of rotatable bonds is 4. The second kappa shape index (κ2) is 6.78. The average molecular weight is 325 g/mol. The molecular weight excluding hydrogens is 311 g/mol. The lowest BCUT2D eigenvalue weighted by Crippen LogP contribution is -2.30. The normalized spacial score (nSPS) is 11.8. The highest BCUT2D eigenvalue weighted by Crippen LogP contribution is 2.32. The quantitative estimate of drug-likeness (QED) is 0.921. The van der Waals surface area contributed by atoms with Gasteiger partial charge in [-0.1, -0.05) is 29.3 Å². The molecule has 4 nitrogen and oxygen atoms in total. The number of benzene rings is 1. The van der Waals surface area contributed by atoms with Crippen LogP contribution in [0.3, 0.4) is 0 Å². The van der Waals surface area contributed by atoms with Crippen molar-refractivity contribution in [2.75, 3.05) is 5.32 Å². The number of aryl methyl sites for hydroxylation is 1. The Labute approximate surface area is 133 Å². The first-order valence-corrected chi connectivity index (χ1v) is 7.07. The number of aromatic nitrogens is 1. The molecular formula is C15H14Cl2N2O2. The molecule has 1 aromatic heterocycles. The molecule has 2 aromatic rings. The summed E-state index contributed by atoms with van der Waals surface area (Å²) in [5.74, 6) is 0.0920. The molecule has 1 unspecified atom stereocenters. The largest absolute Gasteiger partial charge is 0.479 e. The van der Waals surface area contributed by atoms with E-state index in [0.717, 1.165) is 5.69 Å². The van der Waals surface area contributed by atoms with Gasteiger partial charge in [0.25, 0.3) is 5.91 Å². The first-order valence-electron chi connectivity index (χ1n) is 6.31. The Bertz CT molecular complexity index is 662. The first-order chi connectivity index (χ1) is 9.97. The Hall–Kier alpha value is -1.78. The number of carbonyl (C=O) groups is 1. The predicted molar refractivity (Wildman–Crippen MR) is 84.2 cm³/mol. The number of ether oxygens (including phenoxy) is 1. The maximum atomic E-state index is 12.1. The molecule has 0 spiro atoms. The van der Waals surface area contributed by atoms with Crippen LogP contribution in [0.5, 0.6) is 5.75 Å². The summed E-state index contributed by atoms with van der Waals surface area (Å²) in [6, 6.07) is 8.51. The van der Waals surface area contributed by atoms with Gasteiger partial charge in [-0.3, -0.25) is 9.78 Å². The SMILES string of the molecule is Cc1cc(NC(=O)C(C)Oc2cccc(Cl)c2Cl)ccn1. The number of amides is 1. The summed E-state index contributed by atoms with van der Waals surface area (Å²) in [6.45, 7) is 3.49. The van der Waals surface area contributed by atoms with Gasteiger partial charge in [0.05, 0.1) is 5.02 Å². The Morgan fingerprint density at radius 3 is 2.81 bits per heavy atom. The molecule has 0 bridgehead atoms. The lowest BCUT2D eigenvalue weighted by atomic mass is 10.3. The zero-order valence-corrected chi connectivity index (χ0v) is 13.1. The highest BCUT2D eigenvalue weighted by molar-refractivity contribution is 6.42. The molecule has 0 fully saturated rings. The van der Waals surface area contributed by atoms with Crippen LogP contribution in [0.4, 0.5) is 5.69 Å². The minimum Gasteiger partial charge on any atom is -0.479 e. The molecule has 2 rings (SSSR count). The van der Waals surface area contributed by atoms with Crippen molar-refractivity contribution in [3.63, 3.8) is 0 Å². The number of hydrogen-bond acceptors (Lipinski definition) is 3. The van der Waals surface area contributed by atoms with Crippen molar-refractivity contribution in [2.24, 2.45) is 0 Å². The smallest absolute Gasteiger partial charge is 0.265 e. The van der Waals surface area contributed by atoms with Crippen molar-refractivity contribution in [3.05, 3.63) is 52.3 Å². The third kappa shape index (κ3) is 4.09. The summed E-state index contributed by atoms with van der Waals surface area (Å²) in [7, 11) is 0. The Kier molecular flexibility index (Phi) is 5.04. The molecule has 0 aliphatic carbocycles. The number of carbonyl (C=O) groups excluding carboxylic acids is 1. The topological polar surface area (TPSA) is 51.2 Å². The molecule has 1 heterocycles. The molecule has 0 radical (unpaired) electrons. The van der Waals surface area contributed by atoms with E-state index in [4.69, 9.17) is 27.9 Å². The lowest BCUT2D eigenvalue weighted by molar-refractivity contribution is -0.122. The molecule has 1 aromatic carbocycles. The van der Waals surface area contributed by atoms with E-state index in [-0.39, 0.29) is 5.91 Å². The van der Waals surface area contributed by atoms with Crippen LogP contribution in [-0.2, 0) is 4.79 Å². The number of nitrogens with zero attached hydrogens (tertiary/aromatic N) is 1. The van der Waals surface area contributed by atoms with Gasteiger partial charge in [-0.05, 0) is 38.1 Å². The van der Waals surface area contributed by atoms with Gasteiger partial charge in [0, 0.05) is 17.6 Å². The van der Waals surface area contributed by atoms with Gasteiger partial charge < -0.3 is 10.1 Å². The third-order valence-electron chi connectivity index (χ3n) is 2.75. The molecule has 0 saturated heterocycles. The van der Waals surface area contributed by atoms with E-state index >= 15 is 0 Å². The van der Waals surface area contributed by atoms with Crippen LogP contribution < -0.4 is 10.1 Å². The molecule has 0 aliphatic rings. The second-order valence-corrected chi connectivity index (χ2v) is 5.27. The van der Waals surface area contributed by atoms with Gasteiger partial charge in [0.2, 0.25) is 0 Å². The summed E-state index contributed by atoms with van der Waals surface area (Å²) >= 11 is 11.9. The van der Waals surface area contributed by atoms with Crippen molar-refractivity contribution >= 4 is 34.8 Å². The van der Waals surface area contributed by atoms with Crippen molar-refractivity contribution in [2.45, 2.75) is 20.0 Å². The fraction of sp³-hybridized carbons (Fsp3) is 0.200. The summed E-state index contributed by atoms with van der Waals surface area (Å²) in [6.07, 6.45) is 0.916. The number of anilines is 1. The maximum Gasteiger partial charge on any atom is 0.265 e. The van der Waals surface area contributed by atoms with Crippen LogP contribution in [0, 0.1) is 6.92 Å². The van der Waals surface area contributed by atoms with E-state index in [9.17, 15) is 4.79 Å². The van der Waals surface area contributed by atoms with Crippen LogP contribution in [0.2, 0.25) is 10.0 Å². The highest BCUT2D eigenvalue weighted by Gasteiger charge is 2.17. The van der Waals surface area contributed by atoms with Gasteiger partial charge >= 0.3 is 0 Å². The minimum absolute atomic E-state index is 0.281. The molecule has 1 N–H and O–H groups in total. The van der Waals surface area contributed by atoms with Gasteiger partial charge in [0.1, 0.15) is 10.8 Å². The summed E-state index contributed by atoms with van der Waals surface area (Å²) in [5, 5.41) is 3.43. The molecule has 0 aliphatic heterocycles. The lowest BCUT2D eigenvalue weighted by Gasteiger charge is -2.16. The highest BCUT2D eigenvalue weighted by atomic mass is 35.5. The van der Waals surface area contributed by atoms with Gasteiger partial charge in [0.15, 0.2) is 6.10 Å². The zero-order chi connectivity index (χ0) is 15.4. The fourth-order valence-electron chi connectivity index (χ4n) is 1.69. The zero-order valence-electron chi connectivity index (χ0n) is 11.6. The molecule has 0 saturated carbocycles. The fourth-order valence-corrected chi connectivity index (χ4v) is 2.02. The molecule has 6 heteroatoms. The number of pyridine rings is 1. The van der Waals surface area contributed by atoms with E-state index in [1.165, 1.54) is 0 Å². The summed E-state index contributed by atoms with van der Waals surface area (Å²) in [4.78, 5) is 16.2. The average Bonchev–Trinajstić information content (AvgIpc) is 2.44. The molecule has 1 amide bonds. The van der Waals surface area contributed by atoms with Crippen LogP contribution in [0.15, 0.2) is 36.5 Å². The van der Waals surface area contributed by atoms with Crippen molar-refractivity contribution in [1.29, 1.82) is 0 Å². The number of halogens is 2. The van der Waals surface area contributed by atoms with Crippen LogP contribution in [0.1, 0.15) is 12.6 Å². The van der Waals surface area contributed by atoms with Crippen LogP contribution in [0.25, 0.3) is 0 Å². The van der Waals surface area contributed by atoms with E-state index in [0.29, 0.717) is 21.5 Å². The Morgan fingerprint density at radius 2 is 2.10 bits per heavy atom. The van der Waals surface area contributed by atoms with E-state index < -0.39 is 6.10 Å². The summed E-state index contributed by atoms with van der Waals surface area (Å²) < 4.78 is 5.55. The van der Waals surface area contributed by atoms with E-state index in [1.807, 2.05) is 6.92 Å². The number of hydrogen-bond donors (Lipinski definition) is 1. The van der Waals surface area contributed by atoms with Crippen LogP contribution in [-0.4, -0.2) is 17.0 Å². The van der Waals surface area contributed by atoms with E-state index in [1.54, 1.807) is 43.5 Å². The number of nitrogens with one attached hydrogen (secondary N) is 1. The van der Waals surface area contributed by atoms with Gasteiger partial charge in [-0.15, -0.1) is 0 Å². The van der Waals surface area contributed by atoms with Crippen molar-refractivity contribution in [3.8, 4) is 5.75 Å². The monoisotopic (exact) mass is 324 g/mol. The molecule has 21 heavy (non-hydrogen) atoms. The third-order valence-corrected chi connectivity index (χ3v) is 3.55. The summed E-state index contributed by atoms with van der Waals surface area (Å²) in [5.41, 5.74) is 1.49. The van der Waals surface area contributed by atoms with Crippen LogP contribution >= 0.6 is 23.2 Å². The van der Waals surface area contributed by atoms with Gasteiger partial charge in [-0.25, -0.2) is 0 Å². The Balaban J connectivity index is 2.04. The second-order valence-electron chi connectivity index (χ2n) is 4.49. The first kappa shape index (κ1) is 15.6. The van der Waals surface area contributed by atoms with Crippen molar-refractivity contribution < 1.29 is 9.53 Å². The van der Waals surface area contributed by atoms with Gasteiger partial charge in [-0.2, -0.15) is 0 Å². The standard InChI is InChI=1S/C15H14Cl2N2O2/c1-9-8-11(6-7-18-9)19-15(20)10(2)21-13-5-3-4-12(16)14(13)17/h3-8,10H,1-2H3,(H,18,19,20). The molecule has 110 valence electrons. The van der Waals surface area contributed by atoms with Crippen molar-refractivity contribution in [1.82, 2.24) is 4.98 Å². The molecule has 1 atom stereocenters. The minimum atomic E-state index is -0.713. The Morgan fingerprint density at radius 1 is 1.33 bits per heavy atom. The maximum absolute atomic E-state index is 12.1. The van der Waals surface area contributed by atoms with E-state index in [2.05, 4.69) is 10.3 Å².